The van der Waals surface area contributed by atoms with Crippen molar-refractivity contribution < 1.29 is 42.1 Å². The standard InChI is InChI=1S/4C3H5.2Mo/c4*1-3-2;;/h4*3H,1-2H2;;. The first kappa shape index (κ1) is 36.1. The van der Waals surface area contributed by atoms with Gasteiger partial charge in [-0.2, -0.15) is 0 Å². The second kappa shape index (κ2) is 89.0. The quantitative estimate of drug-likeness (QED) is 0.584. The largest absolute Gasteiger partial charge is 0.0499 e. The molecule has 0 fully saturated rings. The number of hydrogen-bond donors (Lipinski definition) is 0. The average Bonchev–Trinajstić information content (AvgIpc) is 1.92. The summed E-state index contributed by atoms with van der Waals surface area (Å²) in [5, 5.41) is 0. The molecular weight excluding hydrogens is 336 g/mol. The zero-order valence-electron chi connectivity index (χ0n) is 8.78. The van der Waals surface area contributed by atoms with E-state index in [4.69, 9.17) is 0 Å². The average molecular weight is 356 g/mol. The molecular formula is C12H20Mo2. The molecule has 2 heteroatoms. The van der Waals surface area contributed by atoms with Crippen LogP contribution in [-0.2, 0) is 42.1 Å². The Morgan fingerprint density at radius 1 is 0.357 bits per heavy atom. The molecule has 0 atom stereocenters. The van der Waals surface area contributed by atoms with E-state index >= 15 is 0 Å². The van der Waals surface area contributed by atoms with Gasteiger partial charge >= 0.3 is 0 Å². The first-order valence-electron chi connectivity index (χ1n) is 3.27. The summed E-state index contributed by atoms with van der Waals surface area (Å²) in [7, 11) is 0. The minimum Gasteiger partial charge on any atom is -0.0499 e. The van der Waals surface area contributed by atoms with Gasteiger partial charge in [-0.1, -0.05) is 0 Å². The van der Waals surface area contributed by atoms with Crippen molar-refractivity contribution in [2.24, 2.45) is 0 Å². The van der Waals surface area contributed by atoms with Crippen molar-refractivity contribution in [3.8, 4) is 0 Å². The Kier molecular flexibility index (Phi) is 230. The van der Waals surface area contributed by atoms with Crippen LogP contribution in [0.3, 0.4) is 0 Å². The maximum Gasteiger partial charge on any atom is 0 e. The molecule has 12 radical (unpaired) electrons. The van der Waals surface area contributed by atoms with Crippen molar-refractivity contribution in [1.29, 1.82) is 0 Å². The van der Waals surface area contributed by atoms with Gasteiger partial charge in [-0.15, -0.1) is 0 Å². The Bertz CT molecular complexity index is 16.3. The summed E-state index contributed by atoms with van der Waals surface area (Å²) < 4.78 is 0. The number of rotatable bonds is 0. The molecule has 0 rings (SSSR count). The topological polar surface area (TPSA) is 0 Å². The molecule has 14 heavy (non-hydrogen) atoms. The van der Waals surface area contributed by atoms with E-state index < -0.39 is 0 Å². The molecule has 0 aliphatic heterocycles. The molecule has 0 spiro atoms. The van der Waals surface area contributed by atoms with Gasteiger partial charge in [0.05, 0.1) is 0 Å². The monoisotopic (exact) mass is 360 g/mol. The van der Waals surface area contributed by atoms with E-state index in [1.54, 1.807) is 0 Å². The van der Waals surface area contributed by atoms with Crippen molar-refractivity contribution in [3.63, 3.8) is 0 Å². The third kappa shape index (κ3) is 1080. The molecule has 80 valence electrons. The molecule has 0 saturated heterocycles. The van der Waals surface area contributed by atoms with E-state index in [0.29, 0.717) is 0 Å². The molecule has 0 unspecified atom stereocenters. The summed E-state index contributed by atoms with van der Waals surface area (Å²) in [4.78, 5) is 0. The van der Waals surface area contributed by atoms with Crippen LogP contribution < -0.4 is 0 Å². The molecule has 0 bridgehead atoms. The summed E-state index contributed by atoms with van der Waals surface area (Å²) >= 11 is 0. The van der Waals surface area contributed by atoms with Gasteiger partial charge in [-0.05, 0) is 81.1 Å². The van der Waals surface area contributed by atoms with E-state index in [1.807, 2.05) is 0 Å². The van der Waals surface area contributed by atoms with Crippen LogP contribution in [0.2, 0.25) is 0 Å². The second-order valence-electron chi connectivity index (χ2n) is 1.15. The van der Waals surface area contributed by atoms with Gasteiger partial charge in [-0.25, -0.2) is 0 Å². The van der Waals surface area contributed by atoms with Crippen molar-refractivity contribution in [2.75, 3.05) is 0 Å². The van der Waals surface area contributed by atoms with Crippen molar-refractivity contribution in [3.05, 3.63) is 81.1 Å². The van der Waals surface area contributed by atoms with Crippen LogP contribution in [0.4, 0.5) is 0 Å². The van der Waals surface area contributed by atoms with Crippen molar-refractivity contribution in [1.82, 2.24) is 0 Å². The molecule has 0 amide bonds. The van der Waals surface area contributed by atoms with Gasteiger partial charge in [0.1, 0.15) is 0 Å². The fourth-order valence-electron chi connectivity index (χ4n) is 0. The van der Waals surface area contributed by atoms with Crippen LogP contribution in [-0.4, -0.2) is 0 Å². The summed E-state index contributed by atoms with van der Waals surface area (Å²) in [6.45, 7) is 26.0. The fourth-order valence-corrected chi connectivity index (χ4v) is 0. The fraction of sp³-hybridized carbons (Fsp3) is 0. The molecule has 0 aliphatic carbocycles. The van der Waals surface area contributed by atoms with Crippen LogP contribution >= 0.6 is 0 Å². The van der Waals surface area contributed by atoms with Crippen LogP contribution in [0.1, 0.15) is 0 Å². The van der Waals surface area contributed by atoms with Crippen LogP contribution in [0, 0.1) is 81.1 Å². The molecule has 0 N–H and O–H groups in total. The SMILES string of the molecule is [CH2][CH][CH2].[CH2][CH][CH2].[CH2][CH][CH2].[CH2][CH][CH2].[Mo].[Mo]. The molecule has 0 saturated carbocycles. The van der Waals surface area contributed by atoms with Crippen LogP contribution in [0.25, 0.3) is 0 Å². The predicted octanol–water partition coefficient (Wildman–Crippen LogP) is 3.43. The predicted molar refractivity (Wildman–Crippen MR) is 60.1 cm³/mol. The summed E-state index contributed by atoms with van der Waals surface area (Å²) in [6.07, 6.45) is 6.00. The Hall–Kier alpha value is 1.38. The Labute approximate surface area is 123 Å². The summed E-state index contributed by atoms with van der Waals surface area (Å²) in [5.41, 5.74) is 0. The molecule has 0 aromatic rings. The third-order valence-corrected chi connectivity index (χ3v) is 0. The molecule has 0 aromatic carbocycles. The Balaban J connectivity index is -0.0000000145. The maximum absolute atomic E-state index is 3.25. The third-order valence-electron chi connectivity index (χ3n) is 0. The summed E-state index contributed by atoms with van der Waals surface area (Å²) in [6, 6.07) is 0. The van der Waals surface area contributed by atoms with E-state index in [2.05, 4.69) is 55.4 Å². The van der Waals surface area contributed by atoms with Gasteiger partial charge < -0.3 is 0 Å². The van der Waals surface area contributed by atoms with E-state index in [9.17, 15) is 0 Å². The smallest absolute Gasteiger partial charge is 0 e. The zero-order chi connectivity index (χ0) is 10.8. The Morgan fingerprint density at radius 2 is 0.357 bits per heavy atom. The normalized spacial score (nSPS) is 5.14. The second-order valence-corrected chi connectivity index (χ2v) is 1.15. The Morgan fingerprint density at radius 3 is 0.357 bits per heavy atom. The maximum atomic E-state index is 3.25. The van der Waals surface area contributed by atoms with Gasteiger partial charge in [0.25, 0.3) is 0 Å². The van der Waals surface area contributed by atoms with Gasteiger partial charge in [0.2, 0.25) is 0 Å². The van der Waals surface area contributed by atoms with E-state index in [1.165, 1.54) is 25.7 Å². The van der Waals surface area contributed by atoms with Crippen molar-refractivity contribution >= 4 is 0 Å². The minimum absolute atomic E-state index is 0. The molecule has 0 aliphatic rings. The van der Waals surface area contributed by atoms with E-state index in [0.717, 1.165) is 0 Å². The molecule has 0 nitrogen and oxygen atoms in total. The first-order valence-corrected chi connectivity index (χ1v) is 3.27. The first-order chi connectivity index (χ1) is 5.66. The molecule has 0 aromatic heterocycles. The zero-order valence-corrected chi connectivity index (χ0v) is 12.8. The van der Waals surface area contributed by atoms with Crippen molar-refractivity contribution in [2.45, 2.75) is 0 Å². The summed E-state index contributed by atoms with van der Waals surface area (Å²) in [5.74, 6) is 0. The minimum atomic E-state index is 0. The van der Waals surface area contributed by atoms with Gasteiger partial charge in [-0.3, -0.25) is 0 Å². The molecule has 0 heterocycles. The van der Waals surface area contributed by atoms with Crippen LogP contribution in [0.15, 0.2) is 0 Å². The van der Waals surface area contributed by atoms with Gasteiger partial charge in [0, 0.05) is 42.1 Å². The van der Waals surface area contributed by atoms with Gasteiger partial charge in [0.15, 0.2) is 0 Å². The number of hydrogen-bond acceptors (Lipinski definition) is 0. The van der Waals surface area contributed by atoms with E-state index in [-0.39, 0.29) is 42.1 Å². The van der Waals surface area contributed by atoms with Crippen LogP contribution in [0.5, 0.6) is 0 Å².